The van der Waals surface area contributed by atoms with E-state index in [1.807, 2.05) is 71.3 Å². The Morgan fingerprint density at radius 3 is 2.23 bits per heavy atom. The van der Waals surface area contributed by atoms with Gasteiger partial charge in [-0.2, -0.15) is 0 Å². The zero-order valence-electron chi connectivity index (χ0n) is 16.3. The quantitative estimate of drug-likeness (QED) is 0.262. The minimum Gasteiger partial charge on any atom is -0.423 e. The molecule has 0 aliphatic heterocycles. The third kappa shape index (κ3) is 2.56. The summed E-state index contributed by atoms with van der Waals surface area (Å²) < 4.78 is 7.53. The smallest absolute Gasteiger partial charge is 0.423 e. The Bertz CT molecular complexity index is 1700. The summed E-state index contributed by atoms with van der Waals surface area (Å²) in [6.07, 6.45) is 0. The van der Waals surface area contributed by atoms with E-state index in [0.717, 1.165) is 32.6 Å². The van der Waals surface area contributed by atoms with Gasteiger partial charge in [0.05, 0.1) is 16.4 Å². The highest BCUT2D eigenvalue weighted by Crippen LogP contribution is 2.35. The molecule has 0 aliphatic carbocycles. The van der Waals surface area contributed by atoms with Crippen molar-refractivity contribution in [3.05, 3.63) is 95.3 Å². The predicted molar refractivity (Wildman–Crippen MR) is 124 cm³/mol. The lowest BCUT2D eigenvalue weighted by Crippen LogP contribution is -2.33. The Hall–Kier alpha value is -3.87. The Morgan fingerprint density at radius 1 is 0.677 bits per heavy atom. The van der Waals surface area contributed by atoms with E-state index in [2.05, 4.69) is 0 Å². The van der Waals surface area contributed by atoms with E-state index >= 15 is 0 Å². The van der Waals surface area contributed by atoms with Crippen molar-refractivity contribution in [3.8, 4) is 5.69 Å². The summed E-state index contributed by atoms with van der Waals surface area (Å²) in [5.74, 6) is 0. The van der Waals surface area contributed by atoms with E-state index in [9.17, 15) is 14.8 Å². The van der Waals surface area contributed by atoms with Gasteiger partial charge in [0.25, 0.3) is 0 Å². The topological polar surface area (TPSA) is 75.6 Å². The molecule has 4 aromatic carbocycles. The van der Waals surface area contributed by atoms with Gasteiger partial charge in [-0.15, -0.1) is 0 Å². The van der Waals surface area contributed by atoms with Gasteiger partial charge in [-0.1, -0.05) is 54.6 Å². The summed E-state index contributed by atoms with van der Waals surface area (Å²) in [5, 5.41) is 24.1. The second kappa shape index (κ2) is 6.57. The zero-order valence-corrected chi connectivity index (χ0v) is 16.3. The number of rotatable bonds is 2. The summed E-state index contributed by atoms with van der Waals surface area (Å²) in [4.78, 5) is 12.8. The van der Waals surface area contributed by atoms with Crippen molar-refractivity contribution < 1.29 is 14.5 Å². The first-order valence-electron chi connectivity index (χ1n) is 9.98. The first-order valence-corrected chi connectivity index (χ1v) is 9.98. The lowest BCUT2D eigenvalue weighted by molar-refractivity contribution is 0.425. The third-order valence-electron chi connectivity index (χ3n) is 5.87. The van der Waals surface area contributed by atoms with E-state index in [4.69, 9.17) is 4.42 Å². The molecule has 0 unspecified atom stereocenters. The first kappa shape index (κ1) is 17.9. The maximum Gasteiger partial charge on any atom is 0.490 e. The summed E-state index contributed by atoms with van der Waals surface area (Å²) in [6.45, 7) is 0. The standard InChI is InChI=1S/C25H16BNO4/c28-25-19-14-23-18(13-17(19)16-8-2-6-12-24(16)31-25)15-7-1-4-10-21(15)27(23)22-11-5-3-9-20(22)26(29)30/h1-14,29-30H. The number of aromatic nitrogens is 1. The largest absolute Gasteiger partial charge is 0.490 e. The van der Waals surface area contributed by atoms with E-state index in [-0.39, 0.29) is 0 Å². The molecule has 0 saturated heterocycles. The van der Waals surface area contributed by atoms with Crippen LogP contribution in [0.4, 0.5) is 0 Å². The first-order chi connectivity index (χ1) is 15.1. The second-order valence-electron chi connectivity index (χ2n) is 7.59. The molecule has 0 radical (unpaired) electrons. The number of nitrogens with zero attached hydrogens (tertiary/aromatic N) is 1. The van der Waals surface area contributed by atoms with Crippen molar-refractivity contribution >= 4 is 56.1 Å². The van der Waals surface area contributed by atoms with Crippen molar-refractivity contribution in [1.82, 2.24) is 4.57 Å². The summed E-state index contributed by atoms with van der Waals surface area (Å²) in [7, 11) is -1.62. The van der Waals surface area contributed by atoms with Crippen LogP contribution >= 0.6 is 0 Å². The average molecular weight is 405 g/mol. The molecule has 2 N–H and O–H groups in total. The summed E-state index contributed by atoms with van der Waals surface area (Å²) >= 11 is 0. The van der Waals surface area contributed by atoms with Crippen LogP contribution in [0.15, 0.2) is 94.1 Å². The normalized spacial score (nSPS) is 11.7. The van der Waals surface area contributed by atoms with Crippen molar-refractivity contribution in [1.29, 1.82) is 0 Å². The maximum absolute atomic E-state index is 12.8. The van der Waals surface area contributed by atoms with Crippen LogP contribution in [-0.2, 0) is 0 Å². The molecular weight excluding hydrogens is 389 g/mol. The van der Waals surface area contributed by atoms with Gasteiger partial charge in [-0.05, 0) is 30.3 Å². The third-order valence-corrected chi connectivity index (χ3v) is 5.87. The minimum atomic E-state index is -1.62. The highest BCUT2D eigenvalue weighted by molar-refractivity contribution is 6.60. The highest BCUT2D eigenvalue weighted by Gasteiger charge is 2.21. The van der Waals surface area contributed by atoms with Crippen molar-refractivity contribution in [2.45, 2.75) is 0 Å². The molecule has 6 rings (SSSR count). The number of para-hydroxylation sites is 3. The number of benzene rings is 4. The fourth-order valence-electron chi connectivity index (χ4n) is 4.51. The van der Waals surface area contributed by atoms with Gasteiger partial charge in [0.2, 0.25) is 0 Å². The van der Waals surface area contributed by atoms with Crippen molar-refractivity contribution in [3.63, 3.8) is 0 Å². The fraction of sp³-hybridized carbons (Fsp3) is 0. The fourth-order valence-corrected chi connectivity index (χ4v) is 4.51. The number of fused-ring (bicyclic) bond motifs is 6. The van der Waals surface area contributed by atoms with Gasteiger partial charge in [-0.3, -0.25) is 0 Å². The van der Waals surface area contributed by atoms with Crippen LogP contribution in [0.3, 0.4) is 0 Å². The minimum absolute atomic E-state index is 0.385. The van der Waals surface area contributed by atoms with E-state index < -0.39 is 12.7 Å². The molecule has 0 bridgehead atoms. The SMILES string of the molecule is O=c1oc2ccccc2c2cc3c4ccccc4n(-c4ccccc4B(O)O)c3cc12. The van der Waals surface area contributed by atoms with Gasteiger partial charge in [0, 0.05) is 32.7 Å². The molecule has 0 spiro atoms. The lowest BCUT2D eigenvalue weighted by atomic mass is 9.79. The van der Waals surface area contributed by atoms with Crippen LogP contribution in [0, 0.1) is 0 Å². The molecule has 0 atom stereocenters. The van der Waals surface area contributed by atoms with Crippen molar-refractivity contribution in [2.75, 3.05) is 0 Å². The second-order valence-corrected chi connectivity index (χ2v) is 7.59. The van der Waals surface area contributed by atoms with Gasteiger partial charge in [0.1, 0.15) is 5.58 Å². The summed E-state index contributed by atoms with van der Waals surface area (Å²) in [6, 6.07) is 26.5. The van der Waals surface area contributed by atoms with Crippen LogP contribution in [0.25, 0.3) is 49.2 Å². The van der Waals surface area contributed by atoms with Crippen LogP contribution < -0.4 is 11.1 Å². The van der Waals surface area contributed by atoms with Gasteiger partial charge < -0.3 is 19.0 Å². The molecule has 0 saturated carbocycles. The molecule has 6 heteroatoms. The highest BCUT2D eigenvalue weighted by atomic mass is 16.4. The average Bonchev–Trinajstić information content (AvgIpc) is 3.11. The van der Waals surface area contributed by atoms with E-state index in [0.29, 0.717) is 22.1 Å². The molecule has 0 fully saturated rings. The van der Waals surface area contributed by atoms with Gasteiger partial charge in [-0.25, -0.2) is 4.79 Å². The van der Waals surface area contributed by atoms with Gasteiger partial charge >= 0.3 is 12.7 Å². The summed E-state index contributed by atoms with van der Waals surface area (Å²) in [5.41, 5.74) is 2.89. The van der Waals surface area contributed by atoms with Crippen LogP contribution in [0.5, 0.6) is 0 Å². The molecule has 2 heterocycles. The molecule has 148 valence electrons. The maximum atomic E-state index is 12.8. The Kier molecular flexibility index (Phi) is 3.80. The molecule has 2 aromatic heterocycles. The lowest BCUT2D eigenvalue weighted by Gasteiger charge is -2.13. The number of hydrogen-bond donors (Lipinski definition) is 2. The van der Waals surface area contributed by atoms with Gasteiger partial charge in [0.15, 0.2) is 0 Å². The monoisotopic (exact) mass is 405 g/mol. The Morgan fingerprint density at radius 2 is 1.39 bits per heavy atom. The number of hydrogen-bond acceptors (Lipinski definition) is 4. The van der Waals surface area contributed by atoms with Crippen LogP contribution in [0.2, 0.25) is 0 Å². The molecule has 5 nitrogen and oxygen atoms in total. The molecule has 0 amide bonds. The van der Waals surface area contributed by atoms with Crippen LogP contribution in [0.1, 0.15) is 0 Å². The van der Waals surface area contributed by atoms with E-state index in [1.165, 1.54) is 0 Å². The molecular formula is C25H16BNO4. The predicted octanol–water partition coefficient (Wildman–Crippen LogP) is 3.72. The molecule has 6 aromatic rings. The van der Waals surface area contributed by atoms with E-state index in [1.54, 1.807) is 18.2 Å². The Balaban J connectivity index is 1.85. The molecule has 0 aliphatic rings. The van der Waals surface area contributed by atoms with Crippen molar-refractivity contribution in [2.24, 2.45) is 0 Å². The molecule has 31 heavy (non-hydrogen) atoms. The van der Waals surface area contributed by atoms with Crippen LogP contribution in [-0.4, -0.2) is 21.7 Å². The Labute approximate surface area is 176 Å². The zero-order chi connectivity index (χ0) is 21.1.